The summed E-state index contributed by atoms with van der Waals surface area (Å²) < 4.78 is 10.4. The minimum atomic E-state index is -0.253. The minimum Gasteiger partial charge on any atom is -0.465 e. The molecule has 0 N–H and O–H groups in total. The number of methoxy groups -OCH3 is 1. The Morgan fingerprint density at radius 3 is 2.64 bits per heavy atom. The molecule has 0 atom stereocenters. The molecule has 1 aliphatic rings. The van der Waals surface area contributed by atoms with Crippen LogP contribution >= 0.6 is 0 Å². The van der Waals surface area contributed by atoms with Crippen LogP contribution in [-0.2, 0) is 9.47 Å². The molecule has 0 radical (unpaired) electrons. The van der Waals surface area contributed by atoms with Gasteiger partial charge in [-0.05, 0) is 38.3 Å². The summed E-state index contributed by atoms with van der Waals surface area (Å²) in [6.07, 6.45) is 2.08. The Balaban J connectivity index is 2.44. The van der Waals surface area contributed by atoms with Gasteiger partial charge in [-0.15, -0.1) is 0 Å². The second kappa shape index (κ2) is 7.68. The van der Waals surface area contributed by atoms with Crippen LogP contribution in [-0.4, -0.2) is 46.2 Å². The van der Waals surface area contributed by atoms with E-state index in [4.69, 9.17) is 9.47 Å². The summed E-state index contributed by atoms with van der Waals surface area (Å²) in [5, 5.41) is 0. The van der Waals surface area contributed by atoms with E-state index in [0.29, 0.717) is 11.6 Å². The summed E-state index contributed by atoms with van der Waals surface area (Å²) in [4.78, 5) is 14.5. The molecule has 1 aromatic rings. The zero-order valence-corrected chi connectivity index (χ0v) is 14.1. The predicted octanol–water partition coefficient (Wildman–Crippen LogP) is 1.90. The van der Waals surface area contributed by atoms with Gasteiger partial charge in [0.05, 0.1) is 12.7 Å². The van der Waals surface area contributed by atoms with E-state index in [2.05, 4.69) is 24.7 Å². The third kappa shape index (κ3) is 3.46. The number of rotatable bonds is 5. The number of carbonyl (C=O) groups excluding carboxylic acids is 1. The maximum Gasteiger partial charge on any atom is 0.338 e. The van der Waals surface area contributed by atoms with Gasteiger partial charge in [0.2, 0.25) is 0 Å². The molecule has 120 valence electrons. The summed E-state index contributed by atoms with van der Waals surface area (Å²) in [5.74, 6) is -0.253. The maximum atomic E-state index is 12.1. The van der Waals surface area contributed by atoms with E-state index >= 15 is 0 Å². The highest BCUT2D eigenvalue weighted by atomic mass is 16.5. The van der Waals surface area contributed by atoms with Gasteiger partial charge in [-0.1, -0.05) is 18.4 Å². The van der Waals surface area contributed by atoms with Gasteiger partial charge in [0, 0.05) is 31.5 Å². The van der Waals surface area contributed by atoms with Gasteiger partial charge in [-0.2, -0.15) is 0 Å². The monoisotopic (exact) mass is 303 g/mol. The molecule has 0 unspecified atom stereocenters. The Bertz CT molecular complexity index is 527. The topological polar surface area (TPSA) is 38.8 Å². The molecule has 0 amide bonds. The number of hydrogen-bond acceptors (Lipinski definition) is 4. The lowest BCUT2D eigenvalue weighted by Gasteiger charge is -2.36. The molecular weight excluding hydrogens is 277 g/mol. The molecule has 0 aromatic heterocycles. The molecule has 4 nitrogen and oxygen atoms in total. The Morgan fingerprint density at radius 2 is 2.09 bits per heavy atom. The molecule has 1 heterocycles. The molecule has 22 heavy (non-hydrogen) atoms. The molecule has 1 aromatic carbocycles. The van der Waals surface area contributed by atoms with E-state index in [0.717, 1.165) is 51.1 Å². The van der Waals surface area contributed by atoms with Crippen molar-refractivity contribution in [3.63, 3.8) is 0 Å². The van der Waals surface area contributed by atoms with Crippen molar-refractivity contribution in [1.82, 2.24) is 0 Å². The van der Waals surface area contributed by atoms with Crippen LogP contribution in [0.25, 0.3) is 0 Å². The zero-order valence-electron chi connectivity index (χ0n) is 14.1. The second-order valence-corrected chi connectivity index (χ2v) is 5.76. The molecule has 1 aliphatic heterocycles. The fraction of sp³-hybridized carbons (Fsp3) is 0.588. The molecule has 1 saturated heterocycles. The van der Waals surface area contributed by atoms with Crippen LogP contribution < -0.4 is 10.4 Å². The average Bonchev–Trinajstić information content (AvgIpc) is 2.57. The smallest absolute Gasteiger partial charge is 0.338 e. The molecule has 5 heteroatoms. The van der Waals surface area contributed by atoms with Crippen molar-refractivity contribution in [2.24, 2.45) is 0 Å². The van der Waals surface area contributed by atoms with E-state index < -0.39 is 0 Å². The fourth-order valence-electron chi connectivity index (χ4n) is 3.20. The molecule has 0 aliphatic carbocycles. The van der Waals surface area contributed by atoms with E-state index in [1.54, 1.807) is 0 Å². The third-order valence-corrected chi connectivity index (χ3v) is 4.54. The molecule has 2 rings (SSSR count). The normalized spacial score (nSPS) is 15.5. The van der Waals surface area contributed by atoms with Gasteiger partial charge < -0.3 is 14.4 Å². The van der Waals surface area contributed by atoms with Crippen LogP contribution in [0.3, 0.4) is 0 Å². The van der Waals surface area contributed by atoms with Crippen molar-refractivity contribution in [3.8, 4) is 0 Å². The highest BCUT2D eigenvalue weighted by molar-refractivity contribution is 6.52. The molecule has 0 spiro atoms. The summed E-state index contributed by atoms with van der Waals surface area (Å²) >= 11 is 0. The number of anilines is 1. The van der Waals surface area contributed by atoms with Crippen LogP contribution in [0.5, 0.6) is 0 Å². The Morgan fingerprint density at radius 1 is 1.41 bits per heavy atom. The van der Waals surface area contributed by atoms with Crippen molar-refractivity contribution in [2.75, 3.05) is 31.8 Å². The lowest BCUT2D eigenvalue weighted by molar-refractivity contribution is 0.0600. The van der Waals surface area contributed by atoms with Crippen molar-refractivity contribution in [2.45, 2.75) is 39.6 Å². The van der Waals surface area contributed by atoms with Gasteiger partial charge in [-0.3, -0.25) is 0 Å². The molecule has 0 bridgehead atoms. The average molecular weight is 303 g/mol. The quantitative estimate of drug-likeness (QED) is 0.615. The number of carbonyl (C=O) groups is 1. The first-order valence-electron chi connectivity index (χ1n) is 8.18. The SMILES string of the molecule is CBc1cc(C(=O)OC)c(C)c(N(CC)C2CCOCC2)c1. The van der Waals surface area contributed by atoms with Gasteiger partial charge in [0.1, 0.15) is 0 Å². The van der Waals surface area contributed by atoms with Gasteiger partial charge >= 0.3 is 5.97 Å². The van der Waals surface area contributed by atoms with Crippen LogP contribution in [0.4, 0.5) is 5.69 Å². The van der Waals surface area contributed by atoms with Crippen molar-refractivity contribution >= 4 is 24.4 Å². The number of esters is 1. The van der Waals surface area contributed by atoms with Gasteiger partial charge in [-0.25, -0.2) is 4.79 Å². The van der Waals surface area contributed by atoms with Gasteiger partial charge in [0.25, 0.3) is 0 Å². The maximum absolute atomic E-state index is 12.1. The Labute approximate surface area is 134 Å². The van der Waals surface area contributed by atoms with E-state index in [1.165, 1.54) is 12.6 Å². The first-order chi connectivity index (χ1) is 10.6. The summed E-state index contributed by atoms with van der Waals surface area (Å²) in [5.41, 5.74) is 4.03. The zero-order chi connectivity index (χ0) is 16.1. The molecule has 0 saturated carbocycles. The highest BCUT2D eigenvalue weighted by Crippen LogP contribution is 2.27. The first-order valence-corrected chi connectivity index (χ1v) is 8.18. The largest absolute Gasteiger partial charge is 0.465 e. The predicted molar refractivity (Wildman–Crippen MR) is 92.0 cm³/mol. The fourth-order valence-corrected chi connectivity index (χ4v) is 3.20. The summed E-state index contributed by atoms with van der Waals surface area (Å²) in [6.45, 7) is 8.86. The lowest BCUT2D eigenvalue weighted by atomic mass is 9.72. The number of nitrogens with zero attached hydrogens (tertiary/aromatic N) is 1. The summed E-state index contributed by atoms with van der Waals surface area (Å²) in [6, 6.07) is 4.67. The Kier molecular flexibility index (Phi) is 5.89. The summed E-state index contributed by atoms with van der Waals surface area (Å²) in [7, 11) is 2.35. The van der Waals surface area contributed by atoms with Crippen LogP contribution in [0.15, 0.2) is 12.1 Å². The lowest BCUT2D eigenvalue weighted by Crippen LogP contribution is -2.40. The third-order valence-electron chi connectivity index (χ3n) is 4.54. The van der Waals surface area contributed by atoms with Crippen LogP contribution in [0, 0.1) is 6.92 Å². The van der Waals surface area contributed by atoms with Crippen molar-refractivity contribution in [3.05, 3.63) is 23.3 Å². The molecular formula is C17H26BNO3. The minimum absolute atomic E-state index is 0.253. The van der Waals surface area contributed by atoms with Crippen LogP contribution in [0.2, 0.25) is 6.82 Å². The van der Waals surface area contributed by atoms with E-state index in [1.807, 2.05) is 13.0 Å². The first kappa shape index (κ1) is 16.9. The van der Waals surface area contributed by atoms with E-state index in [-0.39, 0.29) is 5.97 Å². The number of ether oxygens (including phenoxy) is 2. The second-order valence-electron chi connectivity index (χ2n) is 5.76. The standard InChI is InChI=1S/C17H26BNO3/c1-5-19(14-6-8-22-9-7-14)16-11-13(18-3)10-15(12(16)2)17(20)21-4/h10-11,14,18H,5-9H2,1-4H3. The van der Waals surface area contributed by atoms with Crippen LogP contribution in [0.1, 0.15) is 35.7 Å². The van der Waals surface area contributed by atoms with Gasteiger partial charge in [0.15, 0.2) is 7.28 Å². The van der Waals surface area contributed by atoms with E-state index in [9.17, 15) is 4.79 Å². The molecule has 1 fully saturated rings. The van der Waals surface area contributed by atoms with Crippen molar-refractivity contribution < 1.29 is 14.3 Å². The highest BCUT2D eigenvalue weighted by Gasteiger charge is 2.24. The Hall–Kier alpha value is -1.49. The van der Waals surface area contributed by atoms with Crippen molar-refractivity contribution in [1.29, 1.82) is 0 Å². The number of benzene rings is 1. The number of hydrogen-bond donors (Lipinski definition) is 0.